The normalized spacial score (nSPS) is 10.9. The molecule has 0 spiro atoms. The Balaban J connectivity index is 2.05. The van der Waals surface area contributed by atoms with Gasteiger partial charge in [-0.05, 0) is 70.2 Å². The summed E-state index contributed by atoms with van der Waals surface area (Å²) in [7, 11) is 0. The van der Waals surface area contributed by atoms with Crippen LogP contribution >= 0.6 is 11.6 Å². The summed E-state index contributed by atoms with van der Waals surface area (Å²) >= 11 is 6.24. The predicted octanol–water partition coefficient (Wildman–Crippen LogP) is 5.66. The van der Waals surface area contributed by atoms with Gasteiger partial charge in [0.05, 0.1) is 17.2 Å². The molecule has 0 unspecified atom stereocenters. The average Bonchev–Trinajstić information content (AvgIpc) is 2.43. The van der Waals surface area contributed by atoms with Crippen LogP contribution in [0.5, 0.6) is 11.5 Å². The van der Waals surface area contributed by atoms with Gasteiger partial charge in [0.1, 0.15) is 11.5 Å². The van der Waals surface area contributed by atoms with Gasteiger partial charge in [-0.2, -0.15) is 0 Å². The van der Waals surface area contributed by atoms with E-state index in [1.165, 1.54) is 0 Å². The van der Waals surface area contributed by atoms with Crippen molar-refractivity contribution in [3.05, 3.63) is 47.5 Å². The van der Waals surface area contributed by atoms with E-state index in [2.05, 4.69) is 5.32 Å². The predicted molar refractivity (Wildman–Crippen MR) is 92.7 cm³/mol. The fourth-order valence-corrected chi connectivity index (χ4v) is 2.21. The van der Waals surface area contributed by atoms with Gasteiger partial charge < -0.3 is 14.8 Å². The smallest absolute Gasteiger partial charge is 0.138 e. The lowest BCUT2D eigenvalue weighted by atomic mass is 10.2. The van der Waals surface area contributed by atoms with Crippen molar-refractivity contribution in [3.8, 4) is 11.5 Å². The summed E-state index contributed by atoms with van der Waals surface area (Å²) in [6.45, 7) is 7.97. The SMILES string of the molecule is CC(C)Oc1ccc(Nc2ccc(OC(C)C)c(Cl)c2)cc1. The Morgan fingerprint density at radius 3 is 1.95 bits per heavy atom. The molecule has 0 aliphatic carbocycles. The van der Waals surface area contributed by atoms with Gasteiger partial charge in [-0.25, -0.2) is 0 Å². The minimum Gasteiger partial charge on any atom is -0.491 e. The zero-order valence-corrected chi connectivity index (χ0v) is 14.1. The minimum absolute atomic E-state index is 0.102. The van der Waals surface area contributed by atoms with Crippen LogP contribution in [-0.4, -0.2) is 12.2 Å². The molecule has 2 aromatic rings. The van der Waals surface area contributed by atoms with Crippen molar-refractivity contribution < 1.29 is 9.47 Å². The molecule has 4 heteroatoms. The summed E-state index contributed by atoms with van der Waals surface area (Å²) in [6, 6.07) is 13.5. The van der Waals surface area contributed by atoms with Gasteiger partial charge >= 0.3 is 0 Å². The maximum atomic E-state index is 6.24. The molecule has 118 valence electrons. The molecule has 0 heterocycles. The number of hydrogen-bond donors (Lipinski definition) is 1. The van der Waals surface area contributed by atoms with Crippen LogP contribution < -0.4 is 14.8 Å². The molecule has 22 heavy (non-hydrogen) atoms. The second kappa shape index (κ2) is 7.41. The van der Waals surface area contributed by atoms with E-state index < -0.39 is 0 Å². The van der Waals surface area contributed by atoms with Gasteiger partial charge in [0, 0.05) is 11.4 Å². The molecule has 0 amide bonds. The van der Waals surface area contributed by atoms with E-state index >= 15 is 0 Å². The Hall–Kier alpha value is -1.87. The molecule has 0 radical (unpaired) electrons. The molecular weight excluding hydrogens is 298 g/mol. The first kappa shape index (κ1) is 16.5. The number of nitrogens with one attached hydrogen (secondary N) is 1. The number of halogens is 1. The van der Waals surface area contributed by atoms with Crippen LogP contribution in [-0.2, 0) is 0 Å². The van der Waals surface area contributed by atoms with Gasteiger partial charge in [0.15, 0.2) is 0 Å². The molecule has 3 nitrogen and oxygen atoms in total. The number of benzene rings is 2. The van der Waals surface area contributed by atoms with Crippen LogP contribution in [0.1, 0.15) is 27.7 Å². The summed E-state index contributed by atoms with van der Waals surface area (Å²) in [6.07, 6.45) is 0.274. The van der Waals surface area contributed by atoms with Gasteiger partial charge in [0.25, 0.3) is 0 Å². The van der Waals surface area contributed by atoms with Gasteiger partial charge in [-0.15, -0.1) is 0 Å². The average molecular weight is 320 g/mol. The van der Waals surface area contributed by atoms with Crippen LogP contribution in [0.4, 0.5) is 11.4 Å². The fraction of sp³-hybridized carbons (Fsp3) is 0.333. The van der Waals surface area contributed by atoms with Crippen molar-refractivity contribution in [3.63, 3.8) is 0 Å². The highest BCUT2D eigenvalue weighted by atomic mass is 35.5. The third kappa shape index (κ3) is 4.85. The van der Waals surface area contributed by atoms with Crippen molar-refractivity contribution in [2.24, 2.45) is 0 Å². The highest BCUT2D eigenvalue weighted by Gasteiger charge is 2.05. The lowest BCUT2D eigenvalue weighted by Gasteiger charge is -2.14. The Morgan fingerprint density at radius 1 is 0.818 bits per heavy atom. The quantitative estimate of drug-likeness (QED) is 0.745. The van der Waals surface area contributed by atoms with Crippen molar-refractivity contribution >= 4 is 23.0 Å². The molecule has 1 N–H and O–H groups in total. The second-order valence-electron chi connectivity index (χ2n) is 5.63. The molecule has 0 aromatic heterocycles. The largest absolute Gasteiger partial charge is 0.491 e. The first-order valence-corrected chi connectivity index (χ1v) is 7.82. The zero-order valence-electron chi connectivity index (χ0n) is 13.4. The third-order valence-corrected chi connectivity index (χ3v) is 3.10. The molecule has 0 atom stereocenters. The standard InChI is InChI=1S/C18H22ClNO2/c1-12(2)21-16-8-5-14(6-9-16)20-15-7-10-18(17(19)11-15)22-13(3)4/h5-13,20H,1-4H3. The Labute approximate surface area is 137 Å². The zero-order chi connectivity index (χ0) is 16.1. The van der Waals surface area contributed by atoms with E-state index in [4.69, 9.17) is 21.1 Å². The molecule has 2 rings (SSSR count). The summed E-state index contributed by atoms with van der Waals surface area (Å²) in [5, 5.41) is 3.91. The summed E-state index contributed by atoms with van der Waals surface area (Å²) < 4.78 is 11.3. The molecule has 0 saturated carbocycles. The molecule has 0 saturated heterocycles. The first-order valence-electron chi connectivity index (χ1n) is 7.44. The third-order valence-electron chi connectivity index (χ3n) is 2.81. The number of rotatable bonds is 6. The van der Waals surface area contributed by atoms with E-state index in [0.29, 0.717) is 10.8 Å². The summed E-state index contributed by atoms with van der Waals surface area (Å²) in [4.78, 5) is 0. The molecule has 0 fully saturated rings. The monoisotopic (exact) mass is 319 g/mol. The van der Waals surface area contributed by atoms with Crippen LogP contribution in [0.25, 0.3) is 0 Å². The van der Waals surface area contributed by atoms with Crippen molar-refractivity contribution in [1.29, 1.82) is 0 Å². The van der Waals surface area contributed by atoms with E-state index in [1.54, 1.807) is 0 Å². The summed E-state index contributed by atoms with van der Waals surface area (Å²) in [5.41, 5.74) is 1.89. The van der Waals surface area contributed by atoms with Gasteiger partial charge in [-0.1, -0.05) is 11.6 Å². The maximum Gasteiger partial charge on any atom is 0.138 e. The van der Waals surface area contributed by atoms with Gasteiger partial charge in [0.2, 0.25) is 0 Å². The molecular formula is C18H22ClNO2. The minimum atomic E-state index is 0.102. The maximum absolute atomic E-state index is 6.24. The van der Waals surface area contributed by atoms with Crippen LogP contribution in [0.3, 0.4) is 0 Å². The number of anilines is 2. The van der Waals surface area contributed by atoms with E-state index in [0.717, 1.165) is 17.1 Å². The van der Waals surface area contributed by atoms with E-state index in [9.17, 15) is 0 Å². The fourth-order valence-electron chi connectivity index (χ4n) is 1.98. The summed E-state index contributed by atoms with van der Waals surface area (Å²) in [5.74, 6) is 1.56. The lowest BCUT2D eigenvalue weighted by Crippen LogP contribution is -2.06. The van der Waals surface area contributed by atoms with Crippen LogP contribution in [0, 0.1) is 0 Å². The molecule has 0 bridgehead atoms. The Bertz CT molecular complexity index is 609. The molecule has 0 aliphatic rings. The van der Waals surface area contributed by atoms with E-state index in [-0.39, 0.29) is 12.2 Å². The topological polar surface area (TPSA) is 30.5 Å². The lowest BCUT2D eigenvalue weighted by molar-refractivity contribution is 0.242. The van der Waals surface area contributed by atoms with Crippen molar-refractivity contribution in [2.45, 2.75) is 39.9 Å². The Morgan fingerprint density at radius 2 is 1.41 bits per heavy atom. The van der Waals surface area contributed by atoms with E-state index in [1.807, 2.05) is 70.2 Å². The number of ether oxygens (including phenoxy) is 2. The van der Waals surface area contributed by atoms with Crippen molar-refractivity contribution in [1.82, 2.24) is 0 Å². The van der Waals surface area contributed by atoms with Crippen LogP contribution in [0.2, 0.25) is 5.02 Å². The van der Waals surface area contributed by atoms with Gasteiger partial charge in [-0.3, -0.25) is 0 Å². The first-order chi connectivity index (χ1) is 10.4. The second-order valence-corrected chi connectivity index (χ2v) is 6.03. The molecule has 0 aliphatic heterocycles. The number of hydrogen-bond acceptors (Lipinski definition) is 3. The molecule has 2 aromatic carbocycles. The van der Waals surface area contributed by atoms with Crippen LogP contribution in [0.15, 0.2) is 42.5 Å². The Kier molecular flexibility index (Phi) is 5.56. The highest BCUT2D eigenvalue weighted by Crippen LogP contribution is 2.30. The highest BCUT2D eigenvalue weighted by molar-refractivity contribution is 6.32. The van der Waals surface area contributed by atoms with Crippen molar-refractivity contribution in [2.75, 3.05) is 5.32 Å².